The number of hydrogen-bond acceptors (Lipinski definition) is 3. The Balaban J connectivity index is 1.28. The molecule has 3 nitrogen and oxygen atoms in total. The molecule has 3 heterocycles. The summed E-state index contributed by atoms with van der Waals surface area (Å²) in [5, 5.41) is 3.21. The summed E-state index contributed by atoms with van der Waals surface area (Å²) in [5.74, 6) is 2.51. The fraction of sp³-hybridized carbons (Fsp3) is 0. The Morgan fingerprint density at radius 1 is 0.333 bits per heavy atom. The Bertz CT molecular complexity index is 1730. The molecule has 0 bridgehead atoms. The molecule has 0 atom stereocenters. The Labute approximate surface area is 189 Å². The summed E-state index contributed by atoms with van der Waals surface area (Å²) in [6.07, 6.45) is 0. The van der Waals surface area contributed by atoms with Gasteiger partial charge in [-0.3, -0.25) is 0 Å². The highest BCUT2D eigenvalue weighted by atomic mass is 16.3. The van der Waals surface area contributed by atoms with E-state index in [0.717, 1.165) is 66.9 Å². The van der Waals surface area contributed by atoms with Crippen molar-refractivity contribution in [1.82, 2.24) is 0 Å². The zero-order valence-corrected chi connectivity index (χ0v) is 17.6. The molecule has 0 radical (unpaired) electrons. The SMILES string of the molecule is c1ccc(-c2cc3ccc(-c4cc5ccc(-c6cc7ccccc7o6)cc5o4)cc3o2)cc1. The van der Waals surface area contributed by atoms with Crippen LogP contribution in [0.25, 0.3) is 66.9 Å². The normalized spacial score (nSPS) is 11.6. The van der Waals surface area contributed by atoms with Gasteiger partial charge in [0, 0.05) is 32.8 Å². The van der Waals surface area contributed by atoms with Crippen LogP contribution in [0.2, 0.25) is 0 Å². The van der Waals surface area contributed by atoms with Crippen LogP contribution in [0.3, 0.4) is 0 Å². The summed E-state index contributed by atoms with van der Waals surface area (Å²) in [4.78, 5) is 0. The third kappa shape index (κ3) is 3.06. The number of rotatable bonds is 3. The zero-order valence-electron chi connectivity index (χ0n) is 17.6. The molecule has 7 aromatic rings. The molecule has 0 saturated heterocycles. The average molecular weight is 426 g/mol. The highest BCUT2D eigenvalue weighted by Crippen LogP contribution is 2.35. The van der Waals surface area contributed by atoms with Crippen molar-refractivity contribution in [1.29, 1.82) is 0 Å². The predicted octanol–water partition coefficient (Wildman–Crippen LogP) is 8.93. The summed E-state index contributed by atoms with van der Waals surface area (Å²) in [6, 6.07) is 36.8. The molecular weight excluding hydrogens is 408 g/mol. The second-order valence-corrected chi connectivity index (χ2v) is 8.24. The van der Waals surface area contributed by atoms with E-state index in [4.69, 9.17) is 13.3 Å². The van der Waals surface area contributed by atoms with Crippen molar-refractivity contribution < 1.29 is 13.3 Å². The van der Waals surface area contributed by atoms with E-state index in [1.165, 1.54) is 0 Å². The van der Waals surface area contributed by atoms with E-state index in [9.17, 15) is 0 Å². The van der Waals surface area contributed by atoms with E-state index >= 15 is 0 Å². The van der Waals surface area contributed by atoms with E-state index in [-0.39, 0.29) is 0 Å². The van der Waals surface area contributed by atoms with Crippen LogP contribution in [0, 0.1) is 0 Å². The van der Waals surface area contributed by atoms with Crippen molar-refractivity contribution in [3.05, 3.63) is 109 Å². The maximum atomic E-state index is 6.25. The molecule has 0 unspecified atom stereocenters. The highest BCUT2D eigenvalue weighted by Gasteiger charge is 2.13. The Morgan fingerprint density at radius 2 is 0.818 bits per heavy atom. The lowest BCUT2D eigenvalue weighted by atomic mass is 10.1. The van der Waals surface area contributed by atoms with E-state index in [0.29, 0.717) is 0 Å². The van der Waals surface area contributed by atoms with Crippen LogP contribution in [0.5, 0.6) is 0 Å². The number of furan rings is 3. The number of benzene rings is 4. The van der Waals surface area contributed by atoms with Crippen LogP contribution in [-0.4, -0.2) is 0 Å². The standard InChI is InChI=1S/C30H18O3/c1-2-6-19(7-3-1)26-15-21-10-12-23(17-28(21)32-26)30-18-24-13-11-22(16-29(24)33-30)27-14-20-8-4-5-9-25(20)31-27/h1-18H. The lowest BCUT2D eigenvalue weighted by Gasteiger charge is -1.97. The Morgan fingerprint density at radius 3 is 1.42 bits per heavy atom. The molecule has 0 spiro atoms. The highest BCUT2D eigenvalue weighted by molar-refractivity contribution is 5.91. The topological polar surface area (TPSA) is 39.4 Å². The van der Waals surface area contributed by atoms with Gasteiger partial charge in [0.1, 0.15) is 34.0 Å². The van der Waals surface area contributed by atoms with E-state index < -0.39 is 0 Å². The maximum absolute atomic E-state index is 6.25. The number of hydrogen-bond donors (Lipinski definition) is 0. The fourth-order valence-corrected chi connectivity index (χ4v) is 4.38. The van der Waals surface area contributed by atoms with Gasteiger partial charge in [0.2, 0.25) is 0 Å². The molecule has 0 amide bonds. The van der Waals surface area contributed by atoms with Crippen LogP contribution < -0.4 is 0 Å². The Hall–Kier alpha value is -4.50. The van der Waals surface area contributed by atoms with Gasteiger partial charge in [-0.25, -0.2) is 0 Å². The molecule has 0 aliphatic carbocycles. The summed E-state index contributed by atoms with van der Waals surface area (Å²) in [6.45, 7) is 0. The summed E-state index contributed by atoms with van der Waals surface area (Å²) in [5.41, 5.74) is 5.60. The maximum Gasteiger partial charge on any atom is 0.135 e. The van der Waals surface area contributed by atoms with E-state index in [1.54, 1.807) is 0 Å². The van der Waals surface area contributed by atoms with Gasteiger partial charge in [0.15, 0.2) is 0 Å². The second kappa shape index (κ2) is 7.01. The van der Waals surface area contributed by atoms with Crippen LogP contribution >= 0.6 is 0 Å². The van der Waals surface area contributed by atoms with Crippen molar-refractivity contribution in [2.45, 2.75) is 0 Å². The first-order valence-electron chi connectivity index (χ1n) is 10.9. The molecule has 7 rings (SSSR count). The lowest BCUT2D eigenvalue weighted by molar-refractivity contribution is 0.623. The monoisotopic (exact) mass is 426 g/mol. The third-order valence-corrected chi connectivity index (χ3v) is 6.09. The average Bonchev–Trinajstić information content (AvgIpc) is 3.59. The minimum atomic E-state index is 0.811. The van der Waals surface area contributed by atoms with Gasteiger partial charge in [-0.1, -0.05) is 72.8 Å². The summed E-state index contributed by atoms with van der Waals surface area (Å²) >= 11 is 0. The van der Waals surface area contributed by atoms with Crippen LogP contribution in [-0.2, 0) is 0 Å². The predicted molar refractivity (Wildman–Crippen MR) is 132 cm³/mol. The summed E-state index contributed by atoms with van der Waals surface area (Å²) < 4.78 is 18.4. The molecule has 0 fully saturated rings. The largest absolute Gasteiger partial charge is 0.456 e. The minimum Gasteiger partial charge on any atom is -0.456 e. The molecule has 0 aliphatic heterocycles. The molecule has 33 heavy (non-hydrogen) atoms. The smallest absolute Gasteiger partial charge is 0.135 e. The Kier molecular flexibility index (Phi) is 3.84. The van der Waals surface area contributed by atoms with Gasteiger partial charge in [0.25, 0.3) is 0 Å². The fourth-order valence-electron chi connectivity index (χ4n) is 4.38. The molecule has 0 N–H and O–H groups in total. The van der Waals surface area contributed by atoms with Gasteiger partial charge in [-0.2, -0.15) is 0 Å². The van der Waals surface area contributed by atoms with Crippen molar-refractivity contribution >= 4 is 32.9 Å². The molecule has 0 aliphatic rings. The van der Waals surface area contributed by atoms with E-state index in [2.05, 4.69) is 60.7 Å². The molecule has 4 aromatic carbocycles. The first-order chi connectivity index (χ1) is 16.3. The van der Waals surface area contributed by atoms with Crippen LogP contribution in [0.1, 0.15) is 0 Å². The molecule has 3 heteroatoms. The van der Waals surface area contributed by atoms with Crippen molar-refractivity contribution in [2.24, 2.45) is 0 Å². The number of fused-ring (bicyclic) bond motifs is 3. The van der Waals surface area contributed by atoms with Crippen LogP contribution in [0.4, 0.5) is 0 Å². The third-order valence-electron chi connectivity index (χ3n) is 6.09. The second-order valence-electron chi connectivity index (χ2n) is 8.24. The first kappa shape index (κ1) is 18.1. The zero-order chi connectivity index (χ0) is 21.8. The summed E-state index contributed by atoms with van der Waals surface area (Å²) in [7, 11) is 0. The van der Waals surface area contributed by atoms with E-state index in [1.807, 2.05) is 48.5 Å². The van der Waals surface area contributed by atoms with Crippen LogP contribution in [0.15, 0.2) is 122 Å². The lowest BCUT2D eigenvalue weighted by Crippen LogP contribution is -1.72. The van der Waals surface area contributed by atoms with Crippen molar-refractivity contribution in [3.63, 3.8) is 0 Å². The van der Waals surface area contributed by atoms with Crippen molar-refractivity contribution in [3.8, 4) is 34.0 Å². The molecule has 0 saturated carbocycles. The van der Waals surface area contributed by atoms with Crippen molar-refractivity contribution in [2.75, 3.05) is 0 Å². The van der Waals surface area contributed by atoms with Gasteiger partial charge in [0.05, 0.1) is 0 Å². The quantitative estimate of drug-likeness (QED) is 0.283. The van der Waals surface area contributed by atoms with Gasteiger partial charge >= 0.3 is 0 Å². The number of para-hydroxylation sites is 1. The van der Waals surface area contributed by atoms with Gasteiger partial charge in [-0.15, -0.1) is 0 Å². The molecular formula is C30H18O3. The minimum absolute atomic E-state index is 0.811. The molecule has 156 valence electrons. The van der Waals surface area contributed by atoms with Gasteiger partial charge < -0.3 is 13.3 Å². The molecule has 3 aromatic heterocycles. The van der Waals surface area contributed by atoms with Gasteiger partial charge in [-0.05, 0) is 36.4 Å². The first-order valence-corrected chi connectivity index (χ1v) is 10.9.